The molecule has 10 heteroatoms. The van der Waals surface area contributed by atoms with Gasteiger partial charge in [-0.05, 0) is 68.9 Å². The van der Waals surface area contributed by atoms with Crippen LogP contribution in [0.15, 0.2) is 34.2 Å². The monoisotopic (exact) mass is 563 g/mol. The lowest BCUT2D eigenvalue weighted by Gasteiger charge is -2.55. The number of aromatic nitrogens is 2. The summed E-state index contributed by atoms with van der Waals surface area (Å²) < 4.78 is 1.90. The standard InChI is InChI=1S/C31H41N5O5/c32-28(37)12-11-26(34-41-18-29(38)39)30-31(40)36(27-10-2-1-9-25(27)33-30)24-16-21-7-4-8-22(17-24)35(21)23-14-19-5-3-6-20(13-19)15-23/h1-2,9-10,19-24H,3-8,11-18H2,(H2,32,37)(H,38,39)/b34-26+/t19-,20?,21-,22+,23?,24?/m0/s1. The van der Waals surface area contributed by atoms with Crippen molar-refractivity contribution in [2.45, 2.75) is 108 Å². The van der Waals surface area contributed by atoms with Crippen LogP contribution in [0.4, 0.5) is 0 Å². The number of carboxylic acids is 1. The molecule has 0 radical (unpaired) electrons. The molecule has 0 spiro atoms. The van der Waals surface area contributed by atoms with E-state index in [-0.39, 0.29) is 35.8 Å². The fraction of sp³-hybridized carbons (Fsp3) is 0.645. The van der Waals surface area contributed by atoms with Crippen LogP contribution in [0, 0.1) is 11.8 Å². The van der Waals surface area contributed by atoms with Crippen LogP contribution in [0.5, 0.6) is 0 Å². The van der Waals surface area contributed by atoms with Crippen LogP contribution < -0.4 is 11.3 Å². The Labute approximate surface area is 239 Å². The van der Waals surface area contributed by atoms with Gasteiger partial charge in [-0.15, -0.1) is 0 Å². The summed E-state index contributed by atoms with van der Waals surface area (Å²) in [7, 11) is 0. The van der Waals surface area contributed by atoms with E-state index in [0.717, 1.165) is 43.0 Å². The number of fused-ring (bicyclic) bond motifs is 5. The van der Waals surface area contributed by atoms with Crippen LogP contribution in [0.2, 0.25) is 0 Å². The summed E-state index contributed by atoms with van der Waals surface area (Å²) in [6, 6.07) is 9.22. The number of amides is 1. The van der Waals surface area contributed by atoms with Crippen LogP contribution in [0.25, 0.3) is 11.0 Å². The number of carbonyl (C=O) groups is 2. The Kier molecular flexibility index (Phi) is 8.10. The molecule has 1 aromatic carbocycles. The zero-order chi connectivity index (χ0) is 28.5. The lowest BCUT2D eigenvalue weighted by Crippen LogP contribution is -2.58. The lowest BCUT2D eigenvalue weighted by atomic mass is 9.68. The van der Waals surface area contributed by atoms with Crippen molar-refractivity contribution < 1.29 is 19.5 Å². The number of rotatable bonds is 9. The molecular formula is C31H41N5O5. The van der Waals surface area contributed by atoms with E-state index in [1.54, 1.807) is 0 Å². The predicted octanol–water partition coefficient (Wildman–Crippen LogP) is 3.99. The van der Waals surface area contributed by atoms with E-state index in [9.17, 15) is 14.4 Å². The third-order valence-corrected chi connectivity index (χ3v) is 9.93. The van der Waals surface area contributed by atoms with Gasteiger partial charge in [0.1, 0.15) is 5.71 Å². The van der Waals surface area contributed by atoms with Gasteiger partial charge in [-0.25, -0.2) is 9.78 Å². The number of oxime groups is 1. The molecular weight excluding hydrogens is 522 g/mol. The van der Waals surface area contributed by atoms with Crippen LogP contribution in [0.1, 0.15) is 95.2 Å². The minimum Gasteiger partial charge on any atom is -0.479 e. The van der Waals surface area contributed by atoms with Gasteiger partial charge in [-0.1, -0.05) is 43.0 Å². The van der Waals surface area contributed by atoms with Crippen LogP contribution in [-0.2, 0) is 14.4 Å². The van der Waals surface area contributed by atoms with Gasteiger partial charge in [-0.3, -0.25) is 14.5 Å². The smallest absolute Gasteiger partial charge is 0.344 e. The van der Waals surface area contributed by atoms with Gasteiger partial charge in [0, 0.05) is 37.0 Å². The SMILES string of the molecule is NC(=O)CC/C(=N\OCC(=O)O)c1nc2ccccc2n(C2C[C@H]3CCC[C@@H](C2)N3C2CC3CCC[C@@H](C3)C2)c1=O. The number of para-hydroxylation sites is 2. The van der Waals surface area contributed by atoms with Crippen LogP contribution in [-0.4, -0.2) is 61.9 Å². The number of carboxylic acid groups (broad SMARTS) is 1. The fourth-order valence-electron chi connectivity index (χ4n) is 8.45. The van der Waals surface area contributed by atoms with Gasteiger partial charge >= 0.3 is 5.97 Å². The second-order valence-corrected chi connectivity index (χ2v) is 12.6. The first kappa shape index (κ1) is 27.9. The summed E-state index contributed by atoms with van der Waals surface area (Å²) in [6.07, 6.45) is 13.6. The molecule has 4 fully saturated rings. The lowest BCUT2D eigenvalue weighted by molar-refractivity contribution is -0.142. The van der Waals surface area contributed by atoms with E-state index in [1.807, 2.05) is 28.8 Å². The summed E-state index contributed by atoms with van der Waals surface area (Å²) >= 11 is 0. The van der Waals surface area contributed by atoms with Crippen molar-refractivity contribution in [3.05, 3.63) is 40.3 Å². The minimum atomic E-state index is -1.19. The normalized spacial score (nSPS) is 30.2. The summed E-state index contributed by atoms with van der Waals surface area (Å²) in [5.41, 5.74) is 6.77. The number of aliphatic carboxylic acids is 1. The third kappa shape index (κ3) is 5.89. The zero-order valence-electron chi connectivity index (χ0n) is 23.6. The highest BCUT2D eigenvalue weighted by atomic mass is 16.6. The Bertz CT molecular complexity index is 1360. The van der Waals surface area contributed by atoms with E-state index in [0.29, 0.717) is 23.6 Å². The van der Waals surface area contributed by atoms with E-state index in [1.165, 1.54) is 44.9 Å². The van der Waals surface area contributed by atoms with E-state index < -0.39 is 18.5 Å². The molecule has 4 bridgehead atoms. The summed E-state index contributed by atoms with van der Waals surface area (Å²) in [5, 5.41) is 13.0. The number of carbonyl (C=O) groups excluding carboxylic acids is 1. The quantitative estimate of drug-likeness (QED) is 0.347. The summed E-state index contributed by atoms with van der Waals surface area (Å²) in [4.78, 5) is 49.4. The van der Waals surface area contributed by atoms with Crippen molar-refractivity contribution in [1.82, 2.24) is 14.5 Å². The van der Waals surface area contributed by atoms with Crippen molar-refractivity contribution in [2.24, 2.45) is 22.7 Å². The molecule has 3 unspecified atom stereocenters. The van der Waals surface area contributed by atoms with Gasteiger partial charge in [0.15, 0.2) is 5.69 Å². The highest BCUT2D eigenvalue weighted by Crippen LogP contribution is 2.47. The Morgan fingerprint density at radius 1 is 0.927 bits per heavy atom. The second kappa shape index (κ2) is 11.9. The maximum absolute atomic E-state index is 14.2. The third-order valence-electron chi connectivity index (χ3n) is 9.93. The largest absolute Gasteiger partial charge is 0.479 e. The second-order valence-electron chi connectivity index (χ2n) is 12.6. The Balaban J connectivity index is 1.34. The highest BCUT2D eigenvalue weighted by molar-refractivity contribution is 6.01. The van der Waals surface area contributed by atoms with E-state index in [4.69, 9.17) is 15.7 Å². The number of nitrogens with zero attached hydrogens (tertiary/aromatic N) is 4. The maximum atomic E-state index is 14.2. The molecule has 6 rings (SSSR count). The topological polar surface area (TPSA) is 140 Å². The van der Waals surface area contributed by atoms with Crippen LogP contribution >= 0.6 is 0 Å². The number of hydrogen-bond acceptors (Lipinski definition) is 7. The van der Waals surface area contributed by atoms with Crippen LogP contribution in [0.3, 0.4) is 0 Å². The van der Waals surface area contributed by atoms with Crippen molar-refractivity contribution in [2.75, 3.05) is 6.61 Å². The molecule has 2 aliphatic heterocycles. The molecule has 41 heavy (non-hydrogen) atoms. The van der Waals surface area contributed by atoms with Crippen molar-refractivity contribution in [1.29, 1.82) is 0 Å². The molecule has 2 aromatic rings. The molecule has 2 saturated heterocycles. The van der Waals surface area contributed by atoms with Crippen molar-refractivity contribution in [3.8, 4) is 0 Å². The molecule has 1 aromatic heterocycles. The van der Waals surface area contributed by atoms with Gasteiger partial charge in [-0.2, -0.15) is 0 Å². The first-order valence-electron chi connectivity index (χ1n) is 15.4. The minimum absolute atomic E-state index is 0.0149. The van der Waals surface area contributed by atoms with E-state index in [2.05, 4.69) is 15.0 Å². The first-order chi connectivity index (χ1) is 19.9. The zero-order valence-corrected chi connectivity index (χ0v) is 23.6. The fourth-order valence-corrected chi connectivity index (χ4v) is 8.45. The summed E-state index contributed by atoms with van der Waals surface area (Å²) in [6.45, 7) is -0.660. The number of nitrogens with two attached hydrogens (primary N) is 1. The maximum Gasteiger partial charge on any atom is 0.344 e. The number of hydrogen-bond donors (Lipinski definition) is 2. The molecule has 6 atom stereocenters. The van der Waals surface area contributed by atoms with Crippen molar-refractivity contribution >= 4 is 28.6 Å². The molecule has 220 valence electrons. The Morgan fingerprint density at radius 3 is 2.29 bits per heavy atom. The molecule has 3 N–H and O–H groups in total. The van der Waals surface area contributed by atoms with E-state index >= 15 is 0 Å². The molecule has 4 aliphatic rings. The Morgan fingerprint density at radius 2 is 1.61 bits per heavy atom. The average molecular weight is 564 g/mol. The van der Waals surface area contributed by atoms with Crippen molar-refractivity contribution in [3.63, 3.8) is 0 Å². The van der Waals surface area contributed by atoms with Gasteiger partial charge in [0.2, 0.25) is 12.5 Å². The Hall–Kier alpha value is -3.27. The van der Waals surface area contributed by atoms with Gasteiger partial charge < -0.3 is 20.2 Å². The summed E-state index contributed by atoms with van der Waals surface area (Å²) in [5.74, 6) is 0.0133. The molecule has 1 amide bonds. The number of piperidine rings is 2. The first-order valence-corrected chi connectivity index (χ1v) is 15.4. The number of primary amides is 1. The van der Waals surface area contributed by atoms with Gasteiger partial charge in [0.25, 0.3) is 5.56 Å². The number of benzene rings is 1. The molecule has 2 saturated carbocycles. The highest BCUT2D eigenvalue weighted by Gasteiger charge is 2.45. The molecule has 2 aliphatic carbocycles. The average Bonchev–Trinajstić information content (AvgIpc) is 2.93. The molecule has 3 heterocycles. The van der Waals surface area contributed by atoms with Gasteiger partial charge in [0.05, 0.1) is 11.0 Å². The predicted molar refractivity (Wildman–Crippen MR) is 155 cm³/mol. The molecule has 10 nitrogen and oxygen atoms in total.